The minimum Gasteiger partial charge on any atom is -0.372 e. The molecule has 0 bridgehead atoms. The molecule has 3 rings (SSSR count). The molecule has 0 aromatic carbocycles. The molecule has 1 fully saturated rings. The first kappa shape index (κ1) is 25.2. The van der Waals surface area contributed by atoms with Crippen LogP contribution in [-0.2, 0) is 10.7 Å². The number of halogens is 5. The molecule has 0 saturated carbocycles. The average molecular weight is 478 g/mol. The van der Waals surface area contributed by atoms with Gasteiger partial charge in [0.15, 0.2) is 6.29 Å². The summed E-state index contributed by atoms with van der Waals surface area (Å²) >= 11 is 0. The minimum atomic E-state index is -4.42. The van der Waals surface area contributed by atoms with Crippen molar-refractivity contribution in [2.45, 2.75) is 44.8 Å². The number of piperazine rings is 1. The van der Waals surface area contributed by atoms with Gasteiger partial charge in [-0.15, -0.1) is 0 Å². The van der Waals surface area contributed by atoms with E-state index < -0.39 is 41.2 Å². The van der Waals surface area contributed by atoms with E-state index in [1.165, 1.54) is 0 Å². The summed E-state index contributed by atoms with van der Waals surface area (Å²) in [5.74, 6) is -3.28. The Bertz CT molecular complexity index is 919. The maximum Gasteiger partial charge on any atom is 0.419 e. The molecule has 1 aromatic heterocycles. The summed E-state index contributed by atoms with van der Waals surface area (Å²) in [5, 5.41) is 8.57. The van der Waals surface area contributed by atoms with Gasteiger partial charge in [0.25, 0.3) is 11.5 Å². The van der Waals surface area contributed by atoms with Gasteiger partial charge in [0.05, 0.1) is 22.9 Å². The van der Waals surface area contributed by atoms with E-state index in [4.69, 9.17) is 4.74 Å². The number of aromatic nitrogens is 2. The van der Waals surface area contributed by atoms with Crippen LogP contribution in [0.2, 0.25) is 0 Å². The number of hydrogen-bond donors (Lipinski definition) is 2. The van der Waals surface area contributed by atoms with E-state index in [0.29, 0.717) is 33.0 Å². The first-order valence-corrected chi connectivity index (χ1v) is 10.6. The monoisotopic (exact) mass is 478 g/mol. The molecule has 13 heteroatoms. The highest BCUT2D eigenvalue weighted by Gasteiger charge is 2.35. The Hall–Kier alpha value is -2.38. The fourth-order valence-corrected chi connectivity index (χ4v) is 3.57. The zero-order valence-electron chi connectivity index (χ0n) is 18.3. The van der Waals surface area contributed by atoms with Gasteiger partial charge < -0.3 is 15.0 Å². The van der Waals surface area contributed by atoms with Crippen LogP contribution < -0.4 is 10.9 Å². The van der Waals surface area contributed by atoms with E-state index in [9.17, 15) is 26.7 Å². The Kier molecular flexibility index (Phi) is 7.85. The summed E-state index contributed by atoms with van der Waals surface area (Å²) in [6.07, 6.45) is -2.99. The molecule has 2 aliphatic rings. The van der Waals surface area contributed by atoms with Gasteiger partial charge in [-0.25, -0.2) is 13.9 Å². The second kappa shape index (κ2) is 10.3. The van der Waals surface area contributed by atoms with Crippen molar-refractivity contribution in [2.24, 2.45) is 4.99 Å². The topological polar surface area (TPSA) is 85.9 Å². The lowest BCUT2D eigenvalue weighted by Crippen LogP contribution is -2.54. The van der Waals surface area contributed by atoms with Gasteiger partial charge in [-0.2, -0.15) is 18.3 Å². The zero-order valence-corrected chi connectivity index (χ0v) is 18.3. The number of nitrogens with zero attached hydrogens (tertiary/aromatic N) is 4. The molecule has 0 spiro atoms. The average Bonchev–Trinajstić information content (AvgIpc) is 2.76. The number of allylic oxidation sites excluding steroid dienone is 1. The summed E-state index contributed by atoms with van der Waals surface area (Å²) in [5.41, 5.74) is -2.16. The Balaban J connectivity index is 1.37. The van der Waals surface area contributed by atoms with Crippen molar-refractivity contribution in [3.05, 3.63) is 39.5 Å². The number of alkyl halides is 5. The van der Waals surface area contributed by atoms with Crippen LogP contribution in [0, 0.1) is 0 Å². The Morgan fingerprint density at radius 2 is 1.91 bits per heavy atom. The second-order valence-corrected chi connectivity index (χ2v) is 8.08. The lowest BCUT2D eigenvalue weighted by Gasteiger charge is -2.38. The predicted octanol–water partition coefficient (Wildman–Crippen LogP) is 2.37. The van der Waals surface area contributed by atoms with Crippen molar-refractivity contribution in [1.29, 1.82) is 0 Å². The summed E-state index contributed by atoms with van der Waals surface area (Å²) in [6.45, 7) is 6.21. The number of H-pyrrole nitrogens is 1. The number of nitrogens with one attached hydrogen (secondary N) is 2. The van der Waals surface area contributed by atoms with Crippen LogP contribution in [0.15, 0.2) is 27.6 Å². The fourth-order valence-electron chi connectivity index (χ4n) is 3.57. The molecular weight excluding hydrogens is 451 g/mol. The van der Waals surface area contributed by atoms with Crippen LogP contribution in [-0.4, -0.2) is 78.0 Å². The molecule has 1 aromatic rings. The maximum atomic E-state index is 13.5. The standard InChI is InChI=1S/C20H27F5N6O2/c1-13(16-10-15(19(2,21)22)17(32)29-28-16)33-9-3-4-30-5-7-31(8-6-30)18-26-11-14(12-27-18)20(23,24)25/h10-13,18,26H,3-9H2,1-2H3,(H,29,32). The van der Waals surface area contributed by atoms with E-state index in [1.54, 1.807) is 6.92 Å². The maximum absolute atomic E-state index is 13.5. The number of hydrogen-bond acceptors (Lipinski definition) is 7. The van der Waals surface area contributed by atoms with Crippen LogP contribution in [0.4, 0.5) is 22.0 Å². The number of aromatic amines is 1. The number of rotatable bonds is 8. The molecule has 2 aliphatic heterocycles. The third-order valence-corrected chi connectivity index (χ3v) is 5.52. The quantitative estimate of drug-likeness (QED) is 0.441. The Morgan fingerprint density at radius 1 is 1.21 bits per heavy atom. The molecule has 1 saturated heterocycles. The molecule has 33 heavy (non-hydrogen) atoms. The summed E-state index contributed by atoms with van der Waals surface area (Å²) in [4.78, 5) is 19.7. The van der Waals surface area contributed by atoms with Gasteiger partial charge in [-0.05, 0) is 19.4 Å². The SMILES string of the molecule is CC(OCCCN1CCN(C2N=CC(C(F)(F)F)=CN2)CC1)c1cc(C(C)(F)F)c(=O)[nH]n1. The molecule has 0 amide bonds. The Labute approximate surface area is 187 Å². The van der Waals surface area contributed by atoms with Crippen LogP contribution >= 0.6 is 0 Å². The van der Waals surface area contributed by atoms with Crippen LogP contribution in [0.25, 0.3) is 0 Å². The predicted molar refractivity (Wildman–Crippen MR) is 111 cm³/mol. The Morgan fingerprint density at radius 3 is 2.48 bits per heavy atom. The lowest BCUT2D eigenvalue weighted by molar-refractivity contribution is -0.0865. The second-order valence-electron chi connectivity index (χ2n) is 8.08. The highest BCUT2D eigenvalue weighted by molar-refractivity contribution is 5.80. The summed E-state index contributed by atoms with van der Waals surface area (Å²) in [6, 6.07) is 1.07. The molecule has 8 nitrogen and oxygen atoms in total. The lowest BCUT2D eigenvalue weighted by atomic mass is 10.1. The normalized spacial score (nSPS) is 21.5. The van der Waals surface area contributed by atoms with Crippen LogP contribution in [0.5, 0.6) is 0 Å². The zero-order chi connectivity index (χ0) is 24.2. The molecule has 2 unspecified atom stereocenters. The molecule has 0 radical (unpaired) electrons. The minimum absolute atomic E-state index is 0.225. The molecule has 2 N–H and O–H groups in total. The number of ether oxygens (including phenoxy) is 1. The smallest absolute Gasteiger partial charge is 0.372 e. The van der Waals surface area contributed by atoms with Gasteiger partial charge >= 0.3 is 6.18 Å². The third kappa shape index (κ3) is 6.81. The molecule has 3 heterocycles. The highest BCUT2D eigenvalue weighted by Crippen LogP contribution is 2.26. The van der Waals surface area contributed by atoms with Gasteiger partial charge in [0.2, 0.25) is 0 Å². The van der Waals surface area contributed by atoms with E-state index in [0.717, 1.165) is 38.1 Å². The third-order valence-electron chi connectivity index (χ3n) is 5.52. The first-order valence-electron chi connectivity index (χ1n) is 10.6. The number of aliphatic imine (C=N–C) groups is 1. The first-order chi connectivity index (χ1) is 15.4. The van der Waals surface area contributed by atoms with Gasteiger partial charge in [0, 0.05) is 58.7 Å². The van der Waals surface area contributed by atoms with Crippen molar-refractivity contribution >= 4 is 6.21 Å². The van der Waals surface area contributed by atoms with Gasteiger partial charge in [0.1, 0.15) is 0 Å². The molecule has 184 valence electrons. The van der Waals surface area contributed by atoms with Gasteiger partial charge in [-0.3, -0.25) is 14.7 Å². The highest BCUT2D eigenvalue weighted by atomic mass is 19.4. The van der Waals surface area contributed by atoms with Crippen molar-refractivity contribution in [3.63, 3.8) is 0 Å². The summed E-state index contributed by atoms with van der Waals surface area (Å²) < 4.78 is 70.7. The van der Waals surface area contributed by atoms with Crippen LogP contribution in [0.3, 0.4) is 0 Å². The molecule has 2 atom stereocenters. The molecular formula is C20H27F5N6O2. The van der Waals surface area contributed by atoms with Gasteiger partial charge in [-0.1, -0.05) is 0 Å². The van der Waals surface area contributed by atoms with Crippen molar-refractivity contribution in [1.82, 2.24) is 25.3 Å². The summed E-state index contributed by atoms with van der Waals surface area (Å²) in [7, 11) is 0. The fraction of sp³-hybridized carbons (Fsp3) is 0.650. The van der Waals surface area contributed by atoms with Crippen molar-refractivity contribution in [3.8, 4) is 0 Å². The van der Waals surface area contributed by atoms with E-state index in [2.05, 4.69) is 25.4 Å². The van der Waals surface area contributed by atoms with E-state index >= 15 is 0 Å². The van der Waals surface area contributed by atoms with Crippen molar-refractivity contribution in [2.75, 3.05) is 39.3 Å². The van der Waals surface area contributed by atoms with Crippen LogP contribution in [0.1, 0.15) is 37.6 Å². The van der Waals surface area contributed by atoms with E-state index in [-0.39, 0.29) is 5.69 Å². The largest absolute Gasteiger partial charge is 0.419 e. The molecule has 0 aliphatic carbocycles. The van der Waals surface area contributed by atoms with Crippen molar-refractivity contribution < 1.29 is 26.7 Å². The van der Waals surface area contributed by atoms with E-state index in [1.807, 2.05) is 4.90 Å².